The van der Waals surface area contributed by atoms with Crippen molar-refractivity contribution in [1.29, 1.82) is 0 Å². The molecule has 2 rings (SSSR count). The monoisotopic (exact) mass is 372 g/mol. The van der Waals surface area contributed by atoms with E-state index < -0.39 is 36.0 Å². The third kappa shape index (κ3) is 6.12. The Balaban J connectivity index is 1.76. The molecule has 0 unspecified atom stereocenters. The number of alkyl halides is 3. The van der Waals surface area contributed by atoms with E-state index in [2.05, 4.69) is 21.3 Å². The van der Waals surface area contributed by atoms with Gasteiger partial charge in [-0.25, -0.2) is 0 Å². The van der Waals surface area contributed by atoms with Gasteiger partial charge in [0.15, 0.2) is 0 Å². The Bertz CT molecular complexity index is 673. The summed E-state index contributed by atoms with van der Waals surface area (Å²) in [7, 11) is 0. The second-order valence-corrected chi connectivity index (χ2v) is 5.80. The van der Waals surface area contributed by atoms with Gasteiger partial charge in [0.05, 0.1) is 18.7 Å². The minimum Gasteiger partial charge on any atom is -0.343 e. The summed E-state index contributed by atoms with van der Waals surface area (Å²) in [6.07, 6.45) is -3.68. The number of hydrogen-bond acceptors (Lipinski definition) is 5. The maximum absolute atomic E-state index is 12.6. The van der Waals surface area contributed by atoms with E-state index >= 15 is 0 Å². The van der Waals surface area contributed by atoms with Gasteiger partial charge < -0.3 is 16.0 Å². The zero-order valence-corrected chi connectivity index (χ0v) is 13.8. The zero-order chi connectivity index (χ0) is 19.2. The van der Waals surface area contributed by atoms with Crippen molar-refractivity contribution < 1.29 is 27.6 Å². The van der Waals surface area contributed by atoms with Crippen LogP contribution in [0.3, 0.4) is 0 Å². The van der Waals surface area contributed by atoms with E-state index in [-0.39, 0.29) is 18.2 Å². The number of carbonyl (C=O) groups is 3. The van der Waals surface area contributed by atoms with Crippen molar-refractivity contribution in [3.63, 3.8) is 0 Å². The third-order valence-corrected chi connectivity index (χ3v) is 3.75. The molecule has 1 heterocycles. The molecule has 1 aromatic carbocycles. The van der Waals surface area contributed by atoms with Crippen LogP contribution in [0.1, 0.15) is 22.3 Å². The van der Waals surface area contributed by atoms with Crippen LogP contribution in [0, 0.1) is 0 Å². The van der Waals surface area contributed by atoms with Crippen molar-refractivity contribution >= 4 is 17.7 Å². The van der Waals surface area contributed by atoms with Crippen LogP contribution in [0.2, 0.25) is 0 Å². The lowest BCUT2D eigenvalue weighted by Gasteiger charge is -2.11. The summed E-state index contributed by atoms with van der Waals surface area (Å²) in [5.41, 5.74) is -1.19. The van der Waals surface area contributed by atoms with Gasteiger partial charge in [0.25, 0.3) is 5.91 Å². The molecule has 0 aromatic heterocycles. The van der Waals surface area contributed by atoms with Crippen molar-refractivity contribution in [3.05, 3.63) is 35.4 Å². The second-order valence-electron chi connectivity index (χ2n) is 5.80. The standard InChI is InChI=1S/C16H19F3N4O3/c17-16(18,19)11-3-1-2-10(6-11)15(26)22-9-14(25)23-13(24)8-21-12-4-5-20-7-12/h1-3,6,12,20-21H,4-5,7-9H2,(H,22,26)(H,23,24,25)/t12-/m1/s1. The molecule has 1 atom stereocenters. The van der Waals surface area contributed by atoms with E-state index in [0.29, 0.717) is 6.07 Å². The number of carbonyl (C=O) groups excluding carboxylic acids is 3. The highest BCUT2D eigenvalue weighted by Crippen LogP contribution is 2.29. The van der Waals surface area contributed by atoms with Gasteiger partial charge in [-0.3, -0.25) is 19.7 Å². The molecule has 1 aliphatic heterocycles. The molecular weight excluding hydrogens is 353 g/mol. The molecular formula is C16H19F3N4O3. The Morgan fingerprint density at radius 2 is 1.88 bits per heavy atom. The van der Waals surface area contributed by atoms with Gasteiger partial charge in [-0.1, -0.05) is 6.07 Å². The van der Waals surface area contributed by atoms with E-state index in [1.54, 1.807) is 0 Å². The predicted octanol–water partition coefficient (Wildman–Crippen LogP) is 0.0295. The van der Waals surface area contributed by atoms with Gasteiger partial charge >= 0.3 is 6.18 Å². The van der Waals surface area contributed by atoms with Gasteiger partial charge in [-0.15, -0.1) is 0 Å². The van der Waals surface area contributed by atoms with Gasteiger partial charge in [-0.05, 0) is 31.2 Å². The van der Waals surface area contributed by atoms with E-state index in [4.69, 9.17) is 0 Å². The van der Waals surface area contributed by atoms with Crippen molar-refractivity contribution in [3.8, 4) is 0 Å². The average molecular weight is 372 g/mol. The Labute approximate surface area is 147 Å². The first-order valence-electron chi connectivity index (χ1n) is 7.98. The highest BCUT2D eigenvalue weighted by Gasteiger charge is 2.30. The molecule has 0 bridgehead atoms. The molecule has 1 aliphatic rings. The molecule has 0 saturated carbocycles. The lowest BCUT2D eigenvalue weighted by molar-refractivity contribution is -0.137. The highest BCUT2D eigenvalue weighted by atomic mass is 19.4. The molecule has 0 radical (unpaired) electrons. The van der Waals surface area contributed by atoms with Gasteiger partial charge in [-0.2, -0.15) is 13.2 Å². The fourth-order valence-electron chi connectivity index (χ4n) is 2.41. The predicted molar refractivity (Wildman–Crippen MR) is 86.2 cm³/mol. The quantitative estimate of drug-likeness (QED) is 0.565. The normalized spacial score (nSPS) is 17.0. The summed E-state index contributed by atoms with van der Waals surface area (Å²) in [5.74, 6) is -2.13. The number of nitrogens with one attached hydrogen (secondary N) is 4. The Morgan fingerprint density at radius 1 is 1.15 bits per heavy atom. The van der Waals surface area contributed by atoms with Crippen molar-refractivity contribution in [2.45, 2.75) is 18.6 Å². The molecule has 0 aliphatic carbocycles. The number of amides is 3. The first-order chi connectivity index (χ1) is 12.3. The number of hydrogen-bond donors (Lipinski definition) is 4. The molecule has 10 heteroatoms. The molecule has 7 nitrogen and oxygen atoms in total. The van der Waals surface area contributed by atoms with Crippen LogP contribution in [-0.2, 0) is 15.8 Å². The number of rotatable bonds is 6. The van der Waals surface area contributed by atoms with Gasteiger partial charge in [0.2, 0.25) is 11.8 Å². The summed E-state index contributed by atoms with van der Waals surface area (Å²) in [4.78, 5) is 35.1. The topological polar surface area (TPSA) is 99.3 Å². The van der Waals surface area contributed by atoms with Crippen LogP contribution in [0.4, 0.5) is 13.2 Å². The first-order valence-corrected chi connectivity index (χ1v) is 7.98. The van der Waals surface area contributed by atoms with E-state index in [0.717, 1.165) is 31.6 Å². The minimum absolute atomic E-state index is 0.0420. The smallest absolute Gasteiger partial charge is 0.343 e. The van der Waals surface area contributed by atoms with Crippen LogP contribution >= 0.6 is 0 Å². The summed E-state index contributed by atoms with van der Waals surface area (Å²) in [6.45, 7) is 1.04. The Kier molecular flexibility index (Phi) is 6.70. The summed E-state index contributed by atoms with van der Waals surface area (Å²) in [6, 6.07) is 4.00. The molecule has 142 valence electrons. The Morgan fingerprint density at radius 3 is 2.54 bits per heavy atom. The lowest BCUT2D eigenvalue weighted by Crippen LogP contribution is -2.45. The Hall–Kier alpha value is -2.46. The largest absolute Gasteiger partial charge is 0.416 e. The fraction of sp³-hybridized carbons (Fsp3) is 0.438. The van der Waals surface area contributed by atoms with E-state index in [1.165, 1.54) is 6.07 Å². The highest BCUT2D eigenvalue weighted by molar-refractivity contribution is 6.00. The summed E-state index contributed by atoms with van der Waals surface area (Å²) >= 11 is 0. The molecule has 1 fully saturated rings. The maximum Gasteiger partial charge on any atom is 0.416 e. The van der Waals surface area contributed by atoms with Crippen LogP contribution in [0.15, 0.2) is 24.3 Å². The number of imide groups is 1. The number of halogens is 3. The minimum atomic E-state index is -4.57. The summed E-state index contributed by atoms with van der Waals surface area (Å²) in [5, 5.41) is 10.4. The molecule has 3 amide bonds. The van der Waals surface area contributed by atoms with E-state index in [9.17, 15) is 27.6 Å². The van der Waals surface area contributed by atoms with Crippen LogP contribution in [0.5, 0.6) is 0 Å². The van der Waals surface area contributed by atoms with Crippen molar-refractivity contribution in [1.82, 2.24) is 21.3 Å². The zero-order valence-electron chi connectivity index (χ0n) is 13.8. The van der Waals surface area contributed by atoms with Crippen molar-refractivity contribution in [2.75, 3.05) is 26.2 Å². The number of benzene rings is 1. The van der Waals surface area contributed by atoms with Crippen LogP contribution in [-0.4, -0.2) is 49.9 Å². The third-order valence-electron chi connectivity index (χ3n) is 3.75. The summed E-state index contributed by atoms with van der Waals surface area (Å²) < 4.78 is 37.9. The molecule has 1 saturated heterocycles. The molecule has 0 spiro atoms. The molecule has 4 N–H and O–H groups in total. The fourth-order valence-corrected chi connectivity index (χ4v) is 2.41. The molecule has 26 heavy (non-hydrogen) atoms. The second kappa shape index (κ2) is 8.77. The van der Waals surface area contributed by atoms with Gasteiger partial charge in [0.1, 0.15) is 0 Å². The van der Waals surface area contributed by atoms with Gasteiger partial charge in [0, 0.05) is 18.2 Å². The van der Waals surface area contributed by atoms with Crippen LogP contribution < -0.4 is 21.3 Å². The lowest BCUT2D eigenvalue weighted by atomic mass is 10.1. The SMILES string of the molecule is O=C(CNC(=O)c1cccc(C(F)(F)F)c1)NC(=O)CN[C@@H]1CCNC1. The van der Waals surface area contributed by atoms with E-state index in [1.807, 2.05) is 0 Å². The average Bonchev–Trinajstić information content (AvgIpc) is 3.11. The van der Waals surface area contributed by atoms with Crippen molar-refractivity contribution in [2.24, 2.45) is 0 Å². The first kappa shape index (κ1) is 19.9. The molecule has 1 aromatic rings. The van der Waals surface area contributed by atoms with Crippen LogP contribution in [0.25, 0.3) is 0 Å². The maximum atomic E-state index is 12.6.